The molecule has 0 fully saturated rings. The van der Waals surface area contributed by atoms with E-state index in [1.165, 1.54) is 11.1 Å². The molecule has 2 rings (SSSR count). The van der Waals surface area contributed by atoms with Gasteiger partial charge in [-0.3, -0.25) is 0 Å². The third kappa shape index (κ3) is 3.49. The maximum atomic E-state index is 5.34. The Morgan fingerprint density at radius 2 is 1.67 bits per heavy atom. The van der Waals surface area contributed by atoms with Crippen molar-refractivity contribution >= 4 is 6.08 Å². The summed E-state index contributed by atoms with van der Waals surface area (Å²) in [6.45, 7) is 0. The summed E-state index contributed by atoms with van der Waals surface area (Å²) in [7, 11) is 1.72. The van der Waals surface area contributed by atoms with Crippen molar-refractivity contribution in [2.45, 2.75) is 12.8 Å². The number of benzene rings is 2. The fraction of sp³-hybridized carbons (Fsp3) is 0.176. The predicted octanol–water partition coefficient (Wildman–Crippen LogP) is 4.34. The summed E-state index contributed by atoms with van der Waals surface area (Å²) in [6.07, 6.45) is 6.40. The first-order chi connectivity index (χ1) is 8.90. The molecule has 1 heteroatoms. The van der Waals surface area contributed by atoms with Gasteiger partial charge in [-0.1, -0.05) is 60.7 Å². The third-order valence-electron chi connectivity index (χ3n) is 2.88. The number of methoxy groups -OCH3 is 1. The quantitative estimate of drug-likeness (QED) is 0.753. The van der Waals surface area contributed by atoms with Crippen LogP contribution in [0.4, 0.5) is 0 Å². The Kier molecular flexibility index (Phi) is 4.60. The molecule has 92 valence electrons. The molecule has 0 aliphatic heterocycles. The first kappa shape index (κ1) is 12.4. The van der Waals surface area contributed by atoms with Gasteiger partial charge in [-0.25, -0.2) is 0 Å². The van der Waals surface area contributed by atoms with Gasteiger partial charge in [-0.05, 0) is 30.0 Å². The van der Waals surface area contributed by atoms with Crippen LogP contribution in [-0.4, -0.2) is 7.11 Å². The van der Waals surface area contributed by atoms with E-state index >= 15 is 0 Å². The summed E-state index contributed by atoms with van der Waals surface area (Å²) in [6, 6.07) is 18.6. The average molecular weight is 238 g/mol. The molecule has 0 N–H and O–H groups in total. The van der Waals surface area contributed by atoms with Crippen LogP contribution in [0.25, 0.3) is 6.08 Å². The van der Waals surface area contributed by atoms with Gasteiger partial charge in [0.2, 0.25) is 0 Å². The normalized spacial score (nSPS) is 10.7. The summed E-state index contributed by atoms with van der Waals surface area (Å²) in [5.41, 5.74) is 2.51. The number of hydrogen-bond donors (Lipinski definition) is 0. The molecule has 0 aromatic heterocycles. The van der Waals surface area contributed by atoms with Gasteiger partial charge in [0.25, 0.3) is 0 Å². The standard InChI is InChI=1S/C17H18O/c1-18-17-14-8-7-13-16(17)12-6-5-11-15-9-3-2-4-10-15/h2-5,7-11,13-14H,6,12H2,1H3/b11-5+. The number of para-hydroxylation sites is 1. The minimum Gasteiger partial charge on any atom is -0.496 e. The van der Waals surface area contributed by atoms with Crippen molar-refractivity contribution in [3.63, 3.8) is 0 Å². The third-order valence-corrected chi connectivity index (χ3v) is 2.88. The Balaban J connectivity index is 1.91. The second-order valence-electron chi connectivity index (χ2n) is 4.16. The second kappa shape index (κ2) is 6.65. The van der Waals surface area contributed by atoms with Crippen LogP contribution in [0, 0.1) is 0 Å². The molecule has 0 saturated carbocycles. The van der Waals surface area contributed by atoms with E-state index in [4.69, 9.17) is 4.74 Å². The number of aryl methyl sites for hydroxylation is 1. The lowest BCUT2D eigenvalue weighted by atomic mass is 10.1. The zero-order valence-corrected chi connectivity index (χ0v) is 10.7. The fourth-order valence-electron chi connectivity index (χ4n) is 1.93. The van der Waals surface area contributed by atoms with Crippen molar-refractivity contribution in [2.75, 3.05) is 7.11 Å². The van der Waals surface area contributed by atoms with Gasteiger partial charge in [-0.2, -0.15) is 0 Å². The van der Waals surface area contributed by atoms with Crippen molar-refractivity contribution in [3.05, 3.63) is 71.8 Å². The van der Waals surface area contributed by atoms with Crippen LogP contribution in [0.3, 0.4) is 0 Å². The Morgan fingerprint density at radius 3 is 2.44 bits per heavy atom. The van der Waals surface area contributed by atoms with E-state index in [9.17, 15) is 0 Å². The van der Waals surface area contributed by atoms with Gasteiger partial charge in [0.15, 0.2) is 0 Å². The molecule has 0 unspecified atom stereocenters. The highest BCUT2D eigenvalue weighted by molar-refractivity contribution is 5.48. The molecule has 0 aliphatic carbocycles. The SMILES string of the molecule is COc1ccccc1CC/C=C/c1ccccc1. The zero-order valence-electron chi connectivity index (χ0n) is 10.7. The number of rotatable bonds is 5. The van der Waals surface area contributed by atoms with Crippen LogP contribution in [0.1, 0.15) is 17.5 Å². The highest BCUT2D eigenvalue weighted by Crippen LogP contribution is 2.19. The van der Waals surface area contributed by atoms with Gasteiger partial charge in [0.1, 0.15) is 5.75 Å². The lowest BCUT2D eigenvalue weighted by molar-refractivity contribution is 0.409. The van der Waals surface area contributed by atoms with Gasteiger partial charge >= 0.3 is 0 Å². The van der Waals surface area contributed by atoms with Crippen molar-refractivity contribution in [2.24, 2.45) is 0 Å². The predicted molar refractivity (Wildman–Crippen MR) is 76.8 cm³/mol. The first-order valence-electron chi connectivity index (χ1n) is 6.23. The van der Waals surface area contributed by atoms with E-state index in [-0.39, 0.29) is 0 Å². The van der Waals surface area contributed by atoms with Crippen LogP contribution < -0.4 is 4.74 Å². The van der Waals surface area contributed by atoms with E-state index < -0.39 is 0 Å². The van der Waals surface area contributed by atoms with Gasteiger partial charge in [-0.15, -0.1) is 0 Å². The molecule has 0 saturated heterocycles. The molecule has 2 aromatic rings. The van der Waals surface area contributed by atoms with Gasteiger partial charge in [0, 0.05) is 0 Å². The van der Waals surface area contributed by atoms with Crippen LogP contribution >= 0.6 is 0 Å². The highest BCUT2D eigenvalue weighted by atomic mass is 16.5. The maximum absolute atomic E-state index is 5.34. The Bertz CT molecular complexity index is 500. The summed E-state index contributed by atoms with van der Waals surface area (Å²) in [4.78, 5) is 0. The lowest BCUT2D eigenvalue weighted by Gasteiger charge is -2.06. The smallest absolute Gasteiger partial charge is 0.122 e. The number of allylic oxidation sites excluding steroid dienone is 1. The van der Waals surface area contributed by atoms with E-state index in [1.807, 2.05) is 18.2 Å². The highest BCUT2D eigenvalue weighted by Gasteiger charge is 1.99. The van der Waals surface area contributed by atoms with E-state index in [0.29, 0.717) is 0 Å². The molecule has 0 bridgehead atoms. The average Bonchev–Trinajstić information content (AvgIpc) is 2.45. The molecule has 0 radical (unpaired) electrons. The molecule has 18 heavy (non-hydrogen) atoms. The van der Waals surface area contributed by atoms with E-state index in [1.54, 1.807) is 7.11 Å². The minimum atomic E-state index is 0.977. The van der Waals surface area contributed by atoms with Crippen LogP contribution in [0.15, 0.2) is 60.7 Å². The molecule has 0 aliphatic rings. The molecule has 0 amide bonds. The molecule has 0 spiro atoms. The summed E-state index contributed by atoms with van der Waals surface area (Å²) >= 11 is 0. The van der Waals surface area contributed by atoms with Crippen LogP contribution in [0.5, 0.6) is 5.75 Å². The molecule has 1 nitrogen and oxygen atoms in total. The molecule has 0 heterocycles. The van der Waals surface area contributed by atoms with Gasteiger partial charge < -0.3 is 4.74 Å². The van der Waals surface area contributed by atoms with Crippen molar-refractivity contribution < 1.29 is 4.74 Å². The topological polar surface area (TPSA) is 9.23 Å². The fourth-order valence-corrected chi connectivity index (χ4v) is 1.93. The summed E-state index contributed by atoms with van der Waals surface area (Å²) < 4.78 is 5.34. The zero-order chi connectivity index (χ0) is 12.6. The van der Waals surface area contributed by atoms with Gasteiger partial charge in [0.05, 0.1) is 7.11 Å². The summed E-state index contributed by atoms with van der Waals surface area (Å²) in [5.74, 6) is 0.977. The summed E-state index contributed by atoms with van der Waals surface area (Å²) in [5, 5.41) is 0. The largest absolute Gasteiger partial charge is 0.496 e. The van der Waals surface area contributed by atoms with Crippen LogP contribution in [-0.2, 0) is 6.42 Å². The van der Waals surface area contributed by atoms with Crippen LogP contribution in [0.2, 0.25) is 0 Å². The lowest BCUT2D eigenvalue weighted by Crippen LogP contribution is -1.90. The number of hydrogen-bond acceptors (Lipinski definition) is 1. The Labute approximate surface area is 109 Å². The molecular weight excluding hydrogens is 220 g/mol. The minimum absolute atomic E-state index is 0.977. The monoisotopic (exact) mass is 238 g/mol. The van der Waals surface area contributed by atoms with E-state index in [2.05, 4.69) is 48.6 Å². The van der Waals surface area contributed by atoms with Crippen molar-refractivity contribution in [1.29, 1.82) is 0 Å². The second-order valence-corrected chi connectivity index (χ2v) is 4.16. The Hall–Kier alpha value is -2.02. The van der Waals surface area contributed by atoms with E-state index in [0.717, 1.165) is 18.6 Å². The molecule has 2 aromatic carbocycles. The Morgan fingerprint density at radius 1 is 0.944 bits per heavy atom. The molecule has 0 atom stereocenters. The first-order valence-corrected chi connectivity index (χ1v) is 6.23. The molecular formula is C17H18O. The number of ether oxygens (including phenoxy) is 1. The van der Waals surface area contributed by atoms with Crippen molar-refractivity contribution in [1.82, 2.24) is 0 Å². The van der Waals surface area contributed by atoms with Crippen molar-refractivity contribution in [3.8, 4) is 5.75 Å². The maximum Gasteiger partial charge on any atom is 0.122 e.